The molecule has 0 saturated carbocycles. The van der Waals surface area contributed by atoms with Crippen molar-refractivity contribution in [1.29, 1.82) is 0 Å². The highest BCUT2D eigenvalue weighted by Crippen LogP contribution is 2.11. The van der Waals surface area contributed by atoms with Gasteiger partial charge in [0, 0.05) is 12.8 Å². The van der Waals surface area contributed by atoms with Crippen LogP contribution in [-0.4, -0.2) is 43.4 Å². The highest BCUT2D eigenvalue weighted by atomic mass is 32.2. The van der Waals surface area contributed by atoms with Gasteiger partial charge in [0.2, 0.25) is 0 Å². The van der Waals surface area contributed by atoms with Crippen molar-refractivity contribution in [2.75, 3.05) is 12.4 Å². The zero-order valence-corrected chi connectivity index (χ0v) is 9.16. The van der Waals surface area contributed by atoms with Crippen LogP contribution in [0.25, 0.3) is 0 Å². The van der Waals surface area contributed by atoms with Crippen molar-refractivity contribution < 1.29 is 10.2 Å². The van der Waals surface area contributed by atoms with Gasteiger partial charge >= 0.3 is 0 Å². The van der Waals surface area contributed by atoms with Crippen LogP contribution in [0, 0.1) is 6.92 Å². The molecule has 0 saturated heterocycles. The molecule has 1 rings (SSSR count). The molecule has 80 valence electrons. The lowest BCUT2D eigenvalue weighted by Crippen LogP contribution is -2.15. The highest BCUT2D eigenvalue weighted by Gasteiger charge is 2.06. The van der Waals surface area contributed by atoms with Crippen LogP contribution in [0.2, 0.25) is 0 Å². The van der Waals surface area contributed by atoms with Gasteiger partial charge in [-0.1, -0.05) is 0 Å². The molecule has 0 fully saturated rings. The standard InChI is InChI=1S/C8H15N3O2S/c1-6-9-10-8(11(6)2)5-14-4-7(13)3-12/h7,12-13H,3-5H2,1-2H3. The Kier molecular flexibility index (Phi) is 4.37. The van der Waals surface area contributed by atoms with E-state index in [4.69, 9.17) is 10.2 Å². The Bertz CT molecular complexity index is 290. The number of aliphatic hydroxyl groups excluding tert-OH is 2. The maximum atomic E-state index is 9.10. The fraction of sp³-hybridized carbons (Fsp3) is 0.750. The molecule has 1 aromatic heterocycles. The summed E-state index contributed by atoms with van der Waals surface area (Å²) < 4.78 is 1.92. The molecule has 2 N–H and O–H groups in total. The first-order valence-corrected chi connectivity index (χ1v) is 5.52. The second-order valence-corrected chi connectivity index (χ2v) is 4.10. The maximum Gasteiger partial charge on any atom is 0.142 e. The SMILES string of the molecule is Cc1nnc(CSCC(O)CO)n1C. The summed E-state index contributed by atoms with van der Waals surface area (Å²) in [6.45, 7) is 1.70. The molecule has 1 atom stereocenters. The van der Waals surface area contributed by atoms with Gasteiger partial charge in [-0.3, -0.25) is 0 Å². The van der Waals surface area contributed by atoms with E-state index in [1.807, 2.05) is 18.5 Å². The van der Waals surface area contributed by atoms with Crippen molar-refractivity contribution in [2.45, 2.75) is 18.8 Å². The van der Waals surface area contributed by atoms with Crippen LogP contribution in [0.5, 0.6) is 0 Å². The van der Waals surface area contributed by atoms with Gasteiger partial charge in [-0.2, -0.15) is 11.8 Å². The van der Waals surface area contributed by atoms with Gasteiger partial charge in [-0.25, -0.2) is 0 Å². The monoisotopic (exact) mass is 217 g/mol. The Morgan fingerprint density at radius 1 is 1.50 bits per heavy atom. The van der Waals surface area contributed by atoms with Gasteiger partial charge in [0.1, 0.15) is 11.6 Å². The molecule has 0 aliphatic carbocycles. The summed E-state index contributed by atoms with van der Waals surface area (Å²) >= 11 is 1.53. The zero-order chi connectivity index (χ0) is 10.6. The molecule has 5 nitrogen and oxygen atoms in total. The smallest absolute Gasteiger partial charge is 0.142 e. The number of rotatable bonds is 5. The number of nitrogens with zero attached hydrogens (tertiary/aromatic N) is 3. The minimum Gasteiger partial charge on any atom is -0.394 e. The quantitative estimate of drug-likeness (QED) is 0.709. The molecule has 0 spiro atoms. The summed E-state index contributed by atoms with van der Waals surface area (Å²) in [4.78, 5) is 0. The van der Waals surface area contributed by atoms with E-state index >= 15 is 0 Å². The summed E-state index contributed by atoms with van der Waals surface area (Å²) in [6.07, 6.45) is -0.644. The van der Waals surface area contributed by atoms with Crippen LogP contribution >= 0.6 is 11.8 Å². The third-order valence-electron chi connectivity index (χ3n) is 1.93. The van der Waals surface area contributed by atoms with Gasteiger partial charge in [-0.15, -0.1) is 10.2 Å². The van der Waals surface area contributed by atoms with Gasteiger partial charge in [0.25, 0.3) is 0 Å². The van der Waals surface area contributed by atoms with E-state index in [0.717, 1.165) is 11.6 Å². The molecule has 0 amide bonds. The Hall–Kier alpha value is -0.590. The van der Waals surface area contributed by atoms with Crippen LogP contribution < -0.4 is 0 Å². The van der Waals surface area contributed by atoms with E-state index in [1.165, 1.54) is 11.8 Å². The van der Waals surface area contributed by atoms with Gasteiger partial charge in [0.05, 0.1) is 18.5 Å². The molecule has 0 bridgehead atoms. The number of thioether (sulfide) groups is 1. The molecule has 0 radical (unpaired) electrons. The van der Waals surface area contributed by atoms with Crippen molar-refractivity contribution in [3.05, 3.63) is 11.6 Å². The molecule has 14 heavy (non-hydrogen) atoms. The van der Waals surface area contributed by atoms with E-state index in [-0.39, 0.29) is 6.61 Å². The van der Waals surface area contributed by atoms with Gasteiger partial charge in [-0.05, 0) is 6.92 Å². The fourth-order valence-electron chi connectivity index (χ4n) is 0.916. The Labute approximate surface area is 87.2 Å². The third kappa shape index (κ3) is 2.97. The van der Waals surface area contributed by atoms with Crippen LogP contribution in [0.4, 0.5) is 0 Å². The van der Waals surface area contributed by atoms with Crippen molar-refractivity contribution >= 4 is 11.8 Å². The molecule has 1 unspecified atom stereocenters. The number of aromatic nitrogens is 3. The third-order valence-corrected chi connectivity index (χ3v) is 3.02. The zero-order valence-electron chi connectivity index (χ0n) is 8.34. The number of aliphatic hydroxyl groups is 2. The summed E-state index contributed by atoms with van der Waals surface area (Å²) in [5.41, 5.74) is 0. The highest BCUT2D eigenvalue weighted by molar-refractivity contribution is 7.98. The lowest BCUT2D eigenvalue weighted by molar-refractivity contribution is 0.113. The fourth-order valence-corrected chi connectivity index (χ4v) is 1.84. The number of hydrogen-bond acceptors (Lipinski definition) is 5. The van der Waals surface area contributed by atoms with E-state index in [1.54, 1.807) is 0 Å². The summed E-state index contributed by atoms with van der Waals surface area (Å²) in [5, 5.41) is 25.6. The lowest BCUT2D eigenvalue weighted by Gasteiger charge is -2.05. The molecular weight excluding hydrogens is 202 g/mol. The molecule has 6 heteroatoms. The first kappa shape index (κ1) is 11.5. The molecule has 1 aromatic rings. The number of aryl methyl sites for hydroxylation is 1. The minimum absolute atomic E-state index is 0.190. The lowest BCUT2D eigenvalue weighted by atomic mass is 10.4. The average Bonchev–Trinajstić information content (AvgIpc) is 2.49. The summed E-state index contributed by atoms with van der Waals surface area (Å²) in [7, 11) is 1.91. The van der Waals surface area contributed by atoms with E-state index in [0.29, 0.717) is 11.5 Å². The topological polar surface area (TPSA) is 71.2 Å². The van der Waals surface area contributed by atoms with Crippen LogP contribution in [0.1, 0.15) is 11.6 Å². The molecule has 0 aromatic carbocycles. The van der Waals surface area contributed by atoms with Crippen LogP contribution in [0.15, 0.2) is 0 Å². The van der Waals surface area contributed by atoms with Crippen molar-refractivity contribution in [3.63, 3.8) is 0 Å². The summed E-state index contributed by atoms with van der Waals surface area (Å²) in [5.74, 6) is 2.98. The molecule has 1 heterocycles. The minimum atomic E-state index is -0.644. The molecule has 0 aliphatic heterocycles. The van der Waals surface area contributed by atoms with Gasteiger partial charge in [0.15, 0.2) is 0 Å². The van der Waals surface area contributed by atoms with Crippen LogP contribution in [0.3, 0.4) is 0 Å². The Morgan fingerprint density at radius 3 is 2.71 bits per heavy atom. The molecule has 0 aliphatic rings. The Balaban J connectivity index is 2.35. The normalized spacial score (nSPS) is 13.1. The maximum absolute atomic E-state index is 9.10. The van der Waals surface area contributed by atoms with Crippen molar-refractivity contribution in [1.82, 2.24) is 14.8 Å². The average molecular weight is 217 g/mol. The van der Waals surface area contributed by atoms with Crippen molar-refractivity contribution in [2.24, 2.45) is 7.05 Å². The summed E-state index contributed by atoms with van der Waals surface area (Å²) in [6, 6.07) is 0. The first-order valence-electron chi connectivity index (χ1n) is 4.36. The van der Waals surface area contributed by atoms with E-state index in [2.05, 4.69) is 10.2 Å². The Morgan fingerprint density at radius 2 is 2.21 bits per heavy atom. The predicted octanol–water partition coefficient (Wildman–Crippen LogP) is -0.290. The molecular formula is C8H15N3O2S. The second-order valence-electron chi connectivity index (χ2n) is 3.07. The second kappa shape index (κ2) is 5.33. The van der Waals surface area contributed by atoms with Crippen molar-refractivity contribution in [3.8, 4) is 0 Å². The van der Waals surface area contributed by atoms with Crippen LogP contribution in [-0.2, 0) is 12.8 Å². The number of hydrogen-bond donors (Lipinski definition) is 2. The first-order chi connectivity index (χ1) is 6.65. The van der Waals surface area contributed by atoms with E-state index < -0.39 is 6.10 Å². The predicted molar refractivity (Wildman–Crippen MR) is 55.0 cm³/mol. The van der Waals surface area contributed by atoms with E-state index in [9.17, 15) is 0 Å². The largest absolute Gasteiger partial charge is 0.394 e. The van der Waals surface area contributed by atoms with Gasteiger partial charge < -0.3 is 14.8 Å².